The molecule has 4 rings (SSSR count). The molecule has 2 aliphatic rings. The van der Waals surface area contributed by atoms with E-state index in [1.807, 2.05) is 30.3 Å². The van der Waals surface area contributed by atoms with Crippen molar-refractivity contribution >= 4 is 5.91 Å². The molecule has 0 unspecified atom stereocenters. The quantitative estimate of drug-likeness (QED) is 0.894. The number of ether oxygens (including phenoxy) is 1. The minimum Gasteiger partial charge on any atom is -0.378 e. The SMILES string of the molecule is O=C(N[C@H]1COC[C@@H]1N1CCCCC1)c1ccc(-c2ccn[nH]2)cc1. The fourth-order valence-electron chi connectivity index (χ4n) is 3.76. The van der Waals surface area contributed by atoms with Gasteiger partial charge in [0.05, 0.1) is 31.0 Å². The number of H-pyrrole nitrogens is 1. The van der Waals surface area contributed by atoms with Gasteiger partial charge in [-0.3, -0.25) is 14.8 Å². The molecule has 1 aromatic heterocycles. The lowest BCUT2D eigenvalue weighted by Crippen LogP contribution is -2.52. The first kappa shape index (κ1) is 16.3. The lowest BCUT2D eigenvalue weighted by molar-refractivity contribution is 0.0900. The van der Waals surface area contributed by atoms with Gasteiger partial charge in [-0.05, 0) is 49.7 Å². The van der Waals surface area contributed by atoms with E-state index in [2.05, 4.69) is 20.4 Å². The Morgan fingerprint density at radius 1 is 1.12 bits per heavy atom. The molecule has 3 heterocycles. The first-order chi connectivity index (χ1) is 12.3. The molecule has 1 aromatic carbocycles. The highest BCUT2D eigenvalue weighted by Gasteiger charge is 2.34. The largest absolute Gasteiger partial charge is 0.378 e. The predicted octanol–water partition coefficient (Wildman–Crippen LogP) is 2.06. The summed E-state index contributed by atoms with van der Waals surface area (Å²) in [6.45, 7) is 3.53. The van der Waals surface area contributed by atoms with Crippen molar-refractivity contribution in [3.63, 3.8) is 0 Å². The van der Waals surface area contributed by atoms with Crippen LogP contribution in [0.15, 0.2) is 36.5 Å². The maximum Gasteiger partial charge on any atom is 0.251 e. The molecule has 0 radical (unpaired) electrons. The second kappa shape index (κ2) is 7.37. The van der Waals surface area contributed by atoms with Gasteiger partial charge in [0.1, 0.15) is 0 Å². The summed E-state index contributed by atoms with van der Waals surface area (Å²) < 4.78 is 5.66. The zero-order valence-electron chi connectivity index (χ0n) is 14.3. The summed E-state index contributed by atoms with van der Waals surface area (Å²) in [6, 6.07) is 9.87. The van der Waals surface area contributed by atoms with Crippen LogP contribution in [0.3, 0.4) is 0 Å². The van der Waals surface area contributed by atoms with Crippen molar-refractivity contribution in [3.8, 4) is 11.3 Å². The van der Waals surface area contributed by atoms with Gasteiger partial charge < -0.3 is 10.1 Å². The molecular weight excluding hydrogens is 316 g/mol. The van der Waals surface area contributed by atoms with Gasteiger partial charge in [-0.15, -0.1) is 0 Å². The average Bonchev–Trinajstić information content (AvgIpc) is 3.35. The summed E-state index contributed by atoms with van der Waals surface area (Å²) in [4.78, 5) is 15.1. The summed E-state index contributed by atoms with van der Waals surface area (Å²) in [7, 11) is 0. The number of piperidine rings is 1. The van der Waals surface area contributed by atoms with Crippen LogP contribution >= 0.6 is 0 Å². The van der Waals surface area contributed by atoms with Gasteiger partial charge in [0.15, 0.2) is 0 Å². The normalized spacial score (nSPS) is 24.3. The third kappa shape index (κ3) is 3.60. The molecule has 0 bridgehead atoms. The van der Waals surface area contributed by atoms with Gasteiger partial charge in [-0.2, -0.15) is 5.10 Å². The minimum atomic E-state index is -0.0336. The van der Waals surface area contributed by atoms with Crippen molar-refractivity contribution in [2.75, 3.05) is 26.3 Å². The maximum absolute atomic E-state index is 12.6. The fourth-order valence-corrected chi connectivity index (χ4v) is 3.76. The van der Waals surface area contributed by atoms with E-state index in [1.165, 1.54) is 19.3 Å². The molecule has 2 aliphatic heterocycles. The molecule has 132 valence electrons. The smallest absolute Gasteiger partial charge is 0.251 e. The molecule has 0 saturated carbocycles. The first-order valence-electron chi connectivity index (χ1n) is 9.04. The number of likely N-dealkylation sites (tertiary alicyclic amines) is 1. The standard InChI is InChI=1S/C19H24N4O2/c24-19(15-6-4-14(5-7-15)16-8-9-20-22-16)21-17-12-25-13-18(17)23-10-2-1-3-11-23/h4-9,17-18H,1-3,10-13H2,(H,20,22)(H,21,24)/t17-,18-/m0/s1. The number of hydrogen-bond donors (Lipinski definition) is 2. The topological polar surface area (TPSA) is 70.2 Å². The molecule has 0 spiro atoms. The monoisotopic (exact) mass is 340 g/mol. The van der Waals surface area contributed by atoms with Gasteiger partial charge in [-0.1, -0.05) is 18.6 Å². The third-order valence-electron chi connectivity index (χ3n) is 5.19. The Morgan fingerprint density at radius 2 is 1.92 bits per heavy atom. The predicted molar refractivity (Wildman–Crippen MR) is 95.3 cm³/mol. The number of amides is 1. The van der Waals surface area contributed by atoms with E-state index in [0.717, 1.165) is 24.3 Å². The second-order valence-corrected chi connectivity index (χ2v) is 6.83. The van der Waals surface area contributed by atoms with E-state index in [0.29, 0.717) is 24.8 Å². The number of aromatic amines is 1. The van der Waals surface area contributed by atoms with Crippen LogP contribution in [0.1, 0.15) is 29.6 Å². The van der Waals surface area contributed by atoms with Crippen LogP contribution < -0.4 is 5.32 Å². The number of benzene rings is 1. The second-order valence-electron chi connectivity index (χ2n) is 6.83. The molecule has 2 fully saturated rings. The molecule has 2 atom stereocenters. The molecule has 6 heteroatoms. The van der Waals surface area contributed by atoms with E-state index in [4.69, 9.17) is 4.74 Å². The van der Waals surface area contributed by atoms with E-state index in [-0.39, 0.29) is 11.9 Å². The zero-order valence-corrected chi connectivity index (χ0v) is 14.3. The Balaban J connectivity index is 1.40. The van der Waals surface area contributed by atoms with E-state index in [9.17, 15) is 4.79 Å². The molecule has 0 aliphatic carbocycles. The van der Waals surface area contributed by atoms with E-state index >= 15 is 0 Å². The van der Waals surface area contributed by atoms with Crippen molar-refractivity contribution in [1.82, 2.24) is 20.4 Å². The zero-order chi connectivity index (χ0) is 17.1. The first-order valence-corrected chi connectivity index (χ1v) is 9.04. The highest BCUT2D eigenvalue weighted by Crippen LogP contribution is 2.20. The lowest BCUT2D eigenvalue weighted by atomic mass is 10.0. The summed E-state index contributed by atoms with van der Waals surface area (Å²) in [6.07, 6.45) is 5.51. The van der Waals surface area contributed by atoms with Crippen LogP contribution in [0.5, 0.6) is 0 Å². The Kier molecular flexibility index (Phi) is 4.81. The van der Waals surface area contributed by atoms with Crippen LogP contribution in [0.25, 0.3) is 11.3 Å². The van der Waals surface area contributed by atoms with Crippen LogP contribution in [-0.2, 0) is 4.74 Å². The summed E-state index contributed by atoms with van der Waals surface area (Å²) >= 11 is 0. The minimum absolute atomic E-state index is 0.0336. The van der Waals surface area contributed by atoms with E-state index in [1.54, 1.807) is 6.20 Å². The van der Waals surface area contributed by atoms with Crippen molar-refractivity contribution in [2.45, 2.75) is 31.3 Å². The van der Waals surface area contributed by atoms with Crippen LogP contribution in [-0.4, -0.2) is 59.4 Å². The number of hydrogen-bond acceptors (Lipinski definition) is 4. The Morgan fingerprint density at radius 3 is 2.64 bits per heavy atom. The third-order valence-corrected chi connectivity index (χ3v) is 5.19. The maximum atomic E-state index is 12.6. The van der Waals surface area contributed by atoms with Gasteiger partial charge >= 0.3 is 0 Å². The number of aromatic nitrogens is 2. The molecule has 1 amide bonds. The highest BCUT2D eigenvalue weighted by molar-refractivity contribution is 5.94. The molecule has 6 nitrogen and oxygen atoms in total. The van der Waals surface area contributed by atoms with Gasteiger partial charge in [0.25, 0.3) is 5.91 Å². The van der Waals surface area contributed by atoms with Gasteiger partial charge in [-0.25, -0.2) is 0 Å². The lowest BCUT2D eigenvalue weighted by Gasteiger charge is -2.34. The summed E-state index contributed by atoms with van der Waals surface area (Å²) in [5, 5.41) is 10.1. The summed E-state index contributed by atoms with van der Waals surface area (Å²) in [5.41, 5.74) is 2.64. The highest BCUT2D eigenvalue weighted by atomic mass is 16.5. The number of carbonyl (C=O) groups excluding carboxylic acids is 1. The van der Waals surface area contributed by atoms with E-state index < -0.39 is 0 Å². The Hall–Kier alpha value is -2.18. The van der Waals surface area contributed by atoms with Gasteiger partial charge in [0, 0.05) is 11.8 Å². The van der Waals surface area contributed by atoms with Crippen LogP contribution in [0, 0.1) is 0 Å². The number of nitrogens with zero attached hydrogens (tertiary/aromatic N) is 2. The van der Waals surface area contributed by atoms with Crippen molar-refractivity contribution in [2.24, 2.45) is 0 Å². The van der Waals surface area contributed by atoms with Crippen LogP contribution in [0.4, 0.5) is 0 Å². The number of nitrogens with one attached hydrogen (secondary N) is 2. The Bertz CT molecular complexity index is 693. The Labute approximate surface area is 147 Å². The molecule has 2 N–H and O–H groups in total. The molecule has 2 aromatic rings. The van der Waals surface area contributed by atoms with Gasteiger partial charge in [0.2, 0.25) is 0 Å². The molecular formula is C19H24N4O2. The average molecular weight is 340 g/mol. The van der Waals surface area contributed by atoms with Crippen molar-refractivity contribution in [1.29, 1.82) is 0 Å². The fraction of sp³-hybridized carbons (Fsp3) is 0.474. The molecule has 2 saturated heterocycles. The van der Waals surface area contributed by atoms with Crippen LogP contribution in [0.2, 0.25) is 0 Å². The number of rotatable bonds is 4. The summed E-state index contributed by atoms with van der Waals surface area (Å²) in [5.74, 6) is -0.0336. The van der Waals surface area contributed by atoms with Crippen molar-refractivity contribution in [3.05, 3.63) is 42.1 Å². The van der Waals surface area contributed by atoms with Crippen molar-refractivity contribution < 1.29 is 9.53 Å². The number of carbonyl (C=O) groups is 1. The molecule has 25 heavy (non-hydrogen) atoms.